The van der Waals surface area contributed by atoms with E-state index >= 15 is 0 Å². The predicted octanol–water partition coefficient (Wildman–Crippen LogP) is 3.05. The summed E-state index contributed by atoms with van der Waals surface area (Å²) in [5.74, 6) is -0.908. The Morgan fingerprint density at radius 1 is 1.12 bits per heavy atom. The molecule has 2 aromatic rings. The molecule has 0 bridgehead atoms. The summed E-state index contributed by atoms with van der Waals surface area (Å²) in [4.78, 5) is 25.6. The number of fused-ring (bicyclic) bond motifs is 3. The Labute approximate surface area is 146 Å². The van der Waals surface area contributed by atoms with Crippen molar-refractivity contribution < 1.29 is 14.3 Å². The zero-order chi connectivity index (χ0) is 17.4. The van der Waals surface area contributed by atoms with E-state index in [4.69, 9.17) is 4.74 Å². The van der Waals surface area contributed by atoms with E-state index in [9.17, 15) is 9.59 Å². The van der Waals surface area contributed by atoms with Gasteiger partial charge >= 0.3 is 5.97 Å². The molecule has 0 aromatic heterocycles. The highest BCUT2D eigenvalue weighted by Crippen LogP contribution is 2.46. The van der Waals surface area contributed by atoms with Gasteiger partial charge in [0.05, 0.1) is 23.8 Å². The van der Waals surface area contributed by atoms with Crippen LogP contribution in [0.4, 0.5) is 0 Å². The van der Waals surface area contributed by atoms with Crippen molar-refractivity contribution in [2.45, 2.75) is 19.3 Å². The van der Waals surface area contributed by atoms with Crippen LogP contribution in [-0.4, -0.2) is 18.5 Å². The third-order valence-corrected chi connectivity index (χ3v) is 4.96. The molecule has 2 unspecified atom stereocenters. The second kappa shape index (κ2) is 6.20. The molecule has 1 amide bonds. The van der Waals surface area contributed by atoms with Crippen LogP contribution in [-0.2, 0) is 20.7 Å². The molecular weight excluding hydrogens is 314 g/mol. The van der Waals surface area contributed by atoms with Gasteiger partial charge in [0, 0.05) is 5.92 Å². The molecule has 0 saturated carbocycles. The van der Waals surface area contributed by atoms with Gasteiger partial charge in [-0.15, -0.1) is 0 Å². The molecule has 2 atom stereocenters. The van der Waals surface area contributed by atoms with Crippen molar-refractivity contribution in [1.29, 1.82) is 0 Å². The van der Waals surface area contributed by atoms with Crippen molar-refractivity contribution in [1.82, 2.24) is 5.32 Å². The van der Waals surface area contributed by atoms with Crippen LogP contribution in [0.3, 0.4) is 0 Å². The largest absolute Gasteiger partial charge is 0.463 e. The second-order valence-corrected chi connectivity index (χ2v) is 6.35. The first kappa shape index (κ1) is 15.6. The topological polar surface area (TPSA) is 55.4 Å². The van der Waals surface area contributed by atoms with E-state index < -0.39 is 0 Å². The van der Waals surface area contributed by atoms with Crippen molar-refractivity contribution in [2.75, 3.05) is 6.61 Å². The van der Waals surface area contributed by atoms with Crippen LogP contribution in [0.2, 0.25) is 0 Å². The Kier molecular flexibility index (Phi) is 3.88. The number of rotatable bonds is 3. The van der Waals surface area contributed by atoms with Crippen LogP contribution in [0, 0.1) is 5.92 Å². The lowest BCUT2D eigenvalue weighted by Gasteiger charge is -2.30. The lowest BCUT2D eigenvalue weighted by Crippen LogP contribution is -2.40. The summed E-state index contributed by atoms with van der Waals surface area (Å²) >= 11 is 0. The van der Waals surface area contributed by atoms with Gasteiger partial charge in [0.15, 0.2) is 0 Å². The number of carbonyl (C=O) groups excluding carboxylic acids is 2. The Morgan fingerprint density at radius 2 is 1.84 bits per heavy atom. The molecule has 1 heterocycles. The van der Waals surface area contributed by atoms with Gasteiger partial charge in [-0.25, -0.2) is 4.79 Å². The third-order valence-electron chi connectivity index (χ3n) is 4.96. The van der Waals surface area contributed by atoms with Crippen LogP contribution in [0.25, 0.3) is 5.70 Å². The molecule has 0 radical (unpaired) electrons. The Morgan fingerprint density at radius 3 is 2.60 bits per heavy atom. The van der Waals surface area contributed by atoms with Crippen LogP contribution >= 0.6 is 0 Å². The lowest BCUT2D eigenvalue weighted by atomic mass is 9.80. The quantitative estimate of drug-likeness (QED) is 0.879. The smallest absolute Gasteiger partial charge is 0.336 e. The monoisotopic (exact) mass is 333 g/mol. The molecule has 0 saturated heterocycles. The van der Waals surface area contributed by atoms with E-state index in [0.29, 0.717) is 24.3 Å². The van der Waals surface area contributed by atoms with Crippen molar-refractivity contribution in [3.05, 3.63) is 76.9 Å². The van der Waals surface area contributed by atoms with Crippen LogP contribution in [0.15, 0.2) is 60.2 Å². The average Bonchev–Trinajstić information content (AvgIpc) is 3.02. The van der Waals surface area contributed by atoms with E-state index in [1.54, 1.807) is 6.92 Å². The summed E-state index contributed by atoms with van der Waals surface area (Å²) in [5, 5.41) is 2.97. The number of benzene rings is 2. The predicted molar refractivity (Wildman–Crippen MR) is 94.5 cm³/mol. The minimum Gasteiger partial charge on any atom is -0.463 e. The Bertz CT molecular complexity index is 870. The van der Waals surface area contributed by atoms with Gasteiger partial charge in [0.25, 0.3) is 0 Å². The van der Waals surface area contributed by atoms with E-state index in [-0.39, 0.29) is 23.7 Å². The third kappa shape index (κ3) is 2.54. The summed E-state index contributed by atoms with van der Waals surface area (Å²) in [6.45, 7) is 2.10. The van der Waals surface area contributed by atoms with Crippen molar-refractivity contribution in [3.8, 4) is 0 Å². The van der Waals surface area contributed by atoms with Gasteiger partial charge in [0.2, 0.25) is 5.91 Å². The van der Waals surface area contributed by atoms with Crippen molar-refractivity contribution in [3.63, 3.8) is 0 Å². The number of carbonyl (C=O) groups is 2. The summed E-state index contributed by atoms with van der Waals surface area (Å²) in [7, 11) is 0. The Balaban J connectivity index is 1.87. The van der Waals surface area contributed by atoms with Gasteiger partial charge < -0.3 is 10.1 Å². The molecule has 4 nitrogen and oxygen atoms in total. The fraction of sp³-hybridized carbons (Fsp3) is 0.238. The van der Waals surface area contributed by atoms with Crippen LogP contribution < -0.4 is 5.32 Å². The van der Waals surface area contributed by atoms with E-state index in [2.05, 4.69) is 5.32 Å². The second-order valence-electron chi connectivity index (χ2n) is 6.35. The molecule has 25 heavy (non-hydrogen) atoms. The molecule has 1 aliphatic carbocycles. The number of nitrogens with one attached hydrogen (secondary N) is 1. The molecule has 126 valence electrons. The highest BCUT2D eigenvalue weighted by Gasteiger charge is 2.46. The van der Waals surface area contributed by atoms with Gasteiger partial charge in [-0.3, -0.25) is 4.79 Å². The normalized spacial score (nSPS) is 21.4. The lowest BCUT2D eigenvalue weighted by molar-refractivity contribution is -0.139. The van der Waals surface area contributed by atoms with Gasteiger partial charge in [-0.2, -0.15) is 0 Å². The number of hydrogen-bond acceptors (Lipinski definition) is 3. The van der Waals surface area contributed by atoms with Gasteiger partial charge in [-0.05, 0) is 30.0 Å². The molecule has 1 aliphatic heterocycles. The molecule has 4 rings (SSSR count). The summed E-state index contributed by atoms with van der Waals surface area (Å²) in [6.07, 6.45) is 0.679. The maximum Gasteiger partial charge on any atom is 0.336 e. The number of esters is 1. The minimum absolute atomic E-state index is 0.0538. The Hall–Kier alpha value is -2.88. The summed E-state index contributed by atoms with van der Waals surface area (Å²) < 4.78 is 5.33. The first-order chi connectivity index (χ1) is 12.2. The zero-order valence-corrected chi connectivity index (χ0v) is 14.0. The number of ether oxygens (including phenoxy) is 1. The molecular formula is C21H19NO3. The summed E-state index contributed by atoms with van der Waals surface area (Å²) in [5.41, 5.74) is 4.13. The van der Waals surface area contributed by atoms with E-state index in [0.717, 1.165) is 16.7 Å². The highest BCUT2D eigenvalue weighted by molar-refractivity contribution is 6.06. The zero-order valence-electron chi connectivity index (χ0n) is 14.0. The van der Waals surface area contributed by atoms with Gasteiger partial charge in [0.1, 0.15) is 0 Å². The first-order valence-corrected chi connectivity index (χ1v) is 8.56. The first-order valence-electron chi connectivity index (χ1n) is 8.56. The van der Waals surface area contributed by atoms with Crippen LogP contribution in [0.1, 0.15) is 29.5 Å². The van der Waals surface area contributed by atoms with Gasteiger partial charge in [-0.1, -0.05) is 54.6 Å². The van der Waals surface area contributed by atoms with Crippen molar-refractivity contribution >= 4 is 17.6 Å². The maximum atomic E-state index is 12.9. The van der Waals surface area contributed by atoms with E-state index in [1.807, 2.05) is 54.6 Å². The number of hydrogen-bond donors (Lipinski definition) is 1. The maximum absolute atomic E-state index is 12.9. The highest BCUT2D eigenvalue weighted by atomic mass is 16.5. The molecule has 2 aromatic carbocycles. The fourth-order valence-corrected chi connectivity index (χ4v) is 3.94. The fourth-order valence-electron chi connectivity index (χ4n) is 3.94. The van der Waals surface area contributed by atoms with Crippen LogP contribution in [0.5, 0.6) is 0 Å². The molecule has 4 heteroatoms. The van der Waals surface area contributed by atoms with Crippen molar-refractivity contribution in [2.24, 2.45) is 5.92 Å². The molecule has 2 aliphatic rings. The average molecular weight is 333 g/mol. The standard InChI is InChI=1S/C21H19NO3/c1-2-25-21(24)18-16-12-14-10-6-7-11-15(14)17(16)20(23)22-19(18)13-8-4-3-5-9-13/h3-11,16-17H,2,12H2,1H3,(H,22,23). The molecule has 1 N–H and O–H groups in total. The minimum atomic E-state index is -0.343. The number of amides is 1. The molecule has 0 fully saturated rings. The summed E-state index contributed by atoms with van der Waals surface area (Å²) in [6, 6.07) is 17.4. The molecule has 0 spiro atoms. The van der Waals surface area contributed by atoms with E-state index in [1.165, 1.54) is 0 Å². The SMILES string of the molecule is CCOC(=O)C1=C(c2ccccc2)NC(=O)C2c3ccccc3CC12.